The van der Waals surface area contributed by atoms with Gasteiger partial charge in [0, 0.05) is 30.6 Å². The Kier molecular flexibility index (Phi) is 7.59. The van der Waals surface area contributed by atoms with Gasteiger partial charge in [-0.2, -0.15) is 0 Å². The highest BCUT2D eigenvalue weighted by molar-refractivity contribution is 7.13. The van der Waals surface area contributed by atoms with Gasteiger partial charge in [0.15, 0.2) is 11.6 Å². The fourth-order valence-electron chi connectivity index (χ4n) is 4.82. The quantitative estimate of drug-likeness (QED) is 0.171. The summed E-state index contributed by atoms with van der Waals surface area (Å²) < 4.78 is 0. The number of carbonyl (C=O) groups excluding carboxylic acids is 2. The highest BCUT2D eigenvalue weighted by atomic mass is 32.1. The number of benzene rings is 2. The molecule has 0 fully saturated rings. The van der Waals surface area contributed by atoms with Crippen molar-refractivity contribution >= 4 is 57.5 Å². The van der Waals surface area contributed by atoms with Crippen LogP contribution in [0.2, 0.25) is 0 Å². The van der Waals surface area contributed by atoms with Gasteiger partial charge < -0.3 is 0 Å². The van der Waals surface area contributed by atoms with E-state index in [2.05, 4.69) is 26.0 Å². The number of carbonyl (C=O) groups is 2. The fraction of sp³-hybridized carbons (Fsp3) is 0.152. The van der Waals surface area contributed by atoms with Crippen LogP contribution in [0.3, 0.4) is 0 Å². The van der Waals surface area contributed by atoms with Gasteiger partial charge in [-0.25, -0.2) is 0 Å². The van der Waals surface area contributed by atoms with Crippen LogP contribution in [-0.4, -0.2) is 11.6 Å². The Morgan fingerprint density at radius 2 is 1.05 bits per heavy atom. The van der Waals surface area contributed by atoms with Crippen molar-refractivity contribution in [3.63, 3.8) is 0 Å². The van der Waals surface area contributed by atoms with Crippen LogP contribution in [-0.2, 0) is 0 Å². The molecule has 5 rings (SSSR count). The van der Waals surface area contributed by atoms with E-state index in [-0.39, 0.29) is 11.6 Å². The van der Waals surface area contributed by atoms with Gasteiger partial charge in [0.25, 0.3) is 0 Å². The average molecular weight is 521 g/mol. The molecule has 0 unspecified atom stereocenters. The van der Waals surface area contributed by atoms with E-state index < -0.39 is 0 Å². The van der Waals surface area contributed by atoms with E-state index in [9.17, 15) is 9.59 Å². The molecule has 0 spiro atoms. The fourth-order valence-corrected chi connectivity index (χ4v) is 6.74. The zero-order valence-electron chi connectivity index (χ0n) is 21.0. The molecule has 2 heterocycles. The van der Waals surface area contributed by atoms with Crippen LogP contribution in [0.1, 0.15) is 70.6 Å². The highest BCUT2D eigenvalue weighted by Gasteiger charge is 2.22. The van der Waals surface area contributed by atoms with Crippen molar-refractivity contribution in [1.82, 2.24) is 0 Å². The maximum atomic E-state index is 12.5. The lowest BCUT2D eigenvalue weighted by molar-refractivity contribution is 0.103. The second-order valence-corrected chi connectivity index (χ2v) is 11.8. The number of thiophene rings is 2. The Labute approximate surface area is 226 Å². The molecule has 0 saturated carbocycles. The van der Waals surface area contributed by atoms with Gasteiger partial charge in [-0.3, -0.25) is 9.59 Å². The van der Waals surface area contributed by atoms with Crippen LogP contribution >= 0.6 is 22.7 Å². The van der Waals surface area contributed by atoms with E-state index in [1.54, 1.807) is 34.8 Å². The molecule has 4 heteroatoms. The summed E-state index contributed by atoms with van der Waals surface area (Å²) in [5, 5.41) is 0. The average Bonchev–Trinajstić information content (AvgIpc) is 3.64. The molecule has 4 aromatic rings. The van der Waals surface area contributed by atoms with E-state index in [1.807, 2.05) is 72.8 Å². The van der Waals surface area contributed by atoms with Crippen LogP contribution in [0.5, 0.6) is 0 Å². The lowest BCUT2D eigenvalue weighted by atomic mass is 9.97. The number of ketones is 2. The molecule has 0 amide bonds. The third kappa shape index (κ3) is 5.71. The standard InChI is InChI=1S/C33H28O2S2/c1-22-30(20-26(36-22)16-18-32(34)24-10-5-3-6-11-24)28-14-9-15-29(28)31-21-27(37-23(31)2)17-19-33(35)25-12-7-4-8-13-25/h3-8,10-13,16-21H,9,14-15H2,1-2H3/b18-16+,19-17+. The summed E-state index contributed by atoms with van der Waals surface area (Å²) in [4.78, 5) is 29.8. The Morgan fingerprint density at radius 1 is 0.649 bits per heavy atom. The van der Waals surface area contributed by atoms with Crippen molar-refractivity contribution in [1.29, 1.82) is 0 Å². The van der Waals surface area contributed by atoms with Crippen LogP contribution < -0.4 is 0 Å². The first kappa shape index (κ1) is 25.1. The lowest BCUT2D eigenvalue weighted by Crippen LogP contribution is -1.92. The maximum absolute atomic E-state index is 12.5. The molecule has 0 bridgehead atoms. The van der Waals surface area contributed by atoms with Crippen LogP contribution in [0, 0.1) is 13.8 Å². The van der Waals surface area contributed by atoms with E-state index >= 15 is 0 Å². The predicted octanol–water partition coefficient (Wildman–Crippen LogP) is 9.31. The topological polar surface area (TPSA) is 34.1 Å². The van der Waals surface area contributed by atoms with Gasteiger partial charge in [0.05, 0.1) is 0 Å². The van der Waals surface area contributed by atoms with Crippen molar-refractivity contribution in [2.45, 2.75) is 33.1 Å². The molecule has 0 aliphatic heterocycles. The molecule has 2 aromatic heterocycles. The van der Waals surface area contributed by atoms with Gasteiger partial charge in [-0.1, -0.05) is 60.7 Å². The number of rotatable bonds is 8. The van der Waals surface area contributed by atoms with Gasteiger partial charge in [-0.15, -0.1) is 22.7 Å². The molecule has 2 aromatic carbocycles. The van der Waals surface area contributed by atoms with Crippen molar-refractivity contribution in [2.75, 3.05) is 0 Å². The monoisotopic (exact) mass is 520 g/mol. The van der Waals surface area contributed by atoms with E-state index in [0.29, 0.717) is 11.1 Å². The molecule has 0 saturated heterocycles. The Balaban J connectivity index is 1.39. The first-order chi connectivity index (χ1) is 18.0. The molecular formula is C33H28O2S2. The van der Waals surface area contributed by atoms with Crippen molar-refractivity contribution in [3.8, 4) is 0 Å². The summed E-state index contributed by atoms with van der Waals surface area (Å²) >= 11 is 3.47. The van der Waals surface area contributed by atoms with Gasteiger partial charge in [-0.05, 0) is 91.8 Å². The third-order valence-corrected chi connectivity index (χ3v) is 8.69. The molecule has 0 radical (unpaired) electrons. The molecule has 0 N–H and O–H groups in total. The smallest absolute Gasteiger partial charge is 0.185 e. The summed E-state index contributed by atoms with van der Waals surface area (Å²) in [5.74, 6) is 0.0448. The number of hydrogen-bond donors (Lipinski definition) is 0. The molecule has 184 valence electrons. The third-order valence-electron chi connectivity index (χ3n) is 6.66. The summed E-state index contributed by atoms with van der Waals surface area (Å²) in [6, 6.07) is 23.2. The van der Waals surface area contributed by atoms with Crippen molar-refractivity contribution in [2.24, 2.45) is 0 Å². The number of hydrogen-bond acceptors (Lipinski definition) is 4. The second kappa shape index (κ2) is 11.2. The molecule has 2 nitrogen and oxygen atoms in total. The van der Waals surface area contributed by atoms with Gasteiger partial charge >= 0.3 is 0 Å². The molecule has 1 aliphatic rings. The van der Waals surface area contributed by atoms with Gasteiger partial charge in [0.1, 0.15) is 0 Å². The first-order valence-electron chi connectivity index (χ1n) is 12.5. The normalized spacial score (nSPS) is 13.8. The minimum absolute atomic E-state index is 0.0224. The van der Waals surface area contributed by atoms with Crippen LogP contribution in [0.15, 0.2) is 84.9 Å². The predicted molar refractivity (Wildman–Crippen MR) is 158 cm³/mol. The van der Waals surface area contributed by atoms with Crippen LogP contribution in [0.4, 0.5) is 0 Å². The van der Waals surface area contributed by atoms with E-state index in [1.165, 1.54) is 32.0 Å². The highest BCUT2D eigenvalue weighted by Crippen LogP contribution is 2.45. The minimum atomic E-state index is 0.0224. The van der Waals surface area contributed by atoms with Crippen molar-refractivity contribution < 1.29 is 9.59 Å². The van der Waals surface area contributed by atoms with Gasteiger partial charge in [0.2, 0.25) is 0 Å². The Hall–Kier alpha value is -3.60. The molecule has 0 atom stereocenters. The zero-order valence-corrected chi connectivity index (χ0v) is 22.6. The molecular weight excluding hydrogens is 492 g/mol. The van der Waals surface area contributed by atoms with Crippen LogP contribution in [0.25, 0.3) is 23.3 Å². The Morgan fingerprint density at radius 3 is 1.46 bits per heavy atom. The Bertz CT molecular complexity index is 1410. The maximum Gasteiger partial charge on any atom is 0.185 e. The minimum Gasteiger partial charge on any atom is -0.289 e. The summed E-state index contributed by atoms with van der Waals surface area (Å²) in [6.45, 7) is 4.34. The lowest BCUT2D eigenvalue weighted by Gasteiger charge is -2.07. The number of allylic oxidation sites excluding steroid dienone is 4. The largest absolute Gasteiger partial charge is 0.289 e. The zero-order chi connectivity index (χ0) is 25.8. The SMILES string of the molecule is Cc1sc(/C=C/C(=O)c2ccccc2)cc1C1=C(c2cc(/C=C/C(=O)c3ccccc3)sc2C)CCC1. The summed E-state index contributed by atoms with van der Waals surface area (Å²) in [6.07, 6.45) is 10.5. The number of aryl methyl sites for hydroxylation is 2. The molecule has 1 aliphatic carbocycles. The summed E-state index contributed by atoms with van der Waals surface area (Å²) in [5.41, 5.74) is 6.84. The first-order valence-corrected chi connectivity index (χ1v) is 14.1. The van der Waals surface area contributed by atoms with E-state index in [4.69, 9.17) is 0 Å². The van der Waals surface area contributed by atoms with Crippen molar-refractivity contribution in [3.05, 3.63) is 127 Å². The van der Waals surface area contributed by atoms with E-state index in [0.717, 1.165) is 29.0 Å². The second-order valence-electron chi connectivity index (χ2n) is 9.18. The molecule has 37 heavy (non-hydrogen) atoms. The summed E-state index contributed by atoms with van der Waals surface area (Å²) in [7, 11) is 0.